The summed E-state index contributed by atoms with van der Waals surface area (Å²) in [4.78, 5) is 2.10. The Morgan fingerprint density at radius 2 is 1.70 bits per heavy atom. The largest absolute Gasteiger partial charge is 0.497 e. The molecule has 0 atom stereocenters. The van der Waals surface area contributed by atoms with Crippen molar-refractivity contribution in [3.63, 3.8) is 0 Å². The summed E-state index contributed by atoms with van der Waals surface area (Å²) in [5.74, 6) is 0.842. The van der Waals surface area contributed by atoms with Gasteiger partial charge in [0.1, 0.15) is 12.8 Å². The maximum Gasteiger partial charge on any atom is 0.209 e. The van der Waals surface area contributed by atoms with Crippen LogP contribution in [0.2, 0.25) is 0 Å². The first-order chi connectivity index (χ1) is 12.8. The summed E-state index contributed by atoms with van der Waals surface area (Å²) in [6.45, 7) is 4.52. The van der Waals surface area contributed by atoms with E-state index in [1.807, 2.05) is 20.2 Å². The van der Waals surface area contributed by atoms with Crippen molar-refractivity contribution >= 4 is 23.2 Å². The Balaban J connectivity index is 1.90. The van der Waals surface area contributed by atoms with Crippen LogP contribution in [-0.2, 0) is 10.2 Å². The predicted octanol–water partition coefficient (Wildman–Crippen LogP) is 5.00. The highest BCUT2D eigenvalue weighted by Crippen LogP contribution is 2.39. The molecule has 0 spiro atoms. The minimum Gasteiger partial charge on any atom is -0.497 e. The third-order valence-electron chi connectivity index (χ3n) is 5.30. The Bertz CT molecular complexity index is 916. The van der Waals surface area contributed by atoms with Crippen LogP contribution in [0.5, 0.6) is 0 Å². The first kappa shape index (κ1) is 19.0. The van der Waals surface area contributed by atoms with Gasteiger partial charge in [-0.3, -0.25) is 0 Å². The molecule has 0 N–H and O–H groups in total. The molecular formula is C24H29N2O+. The molecule has 3 nitrogen and oxygen atoms in total. The van der Waals surface area contributed by atoms with Crippen LogP contribution in [0.1, 0.15) is 25.0 Å². The van der Waals surface area contributed by atoms with Crippen molar-refractivity contribution in [1.82, 2.24) is 0 Å². The van der Waals surface area contributed by atoms with Crippen molar-refractivity contribution in [2.75, 3.05) is 33.2 Å². The lowest BCUT2D eigenvalue weighted by atomic mass is 9.81. The third-order valence-corrected chi connectivity index (χ3v) is 5.30. The molecule has 1 aliphatic heterocycles. The molecule has 27 heavy (non-hydrogen) atoms. The zero-order valence-corrected chi connectivity index (χ0v) is 17.2. The summed E-state index contributed by atoms with van der Waals surface area (Å²) in [6.07, 6.45) is 6.26. The fourth-order valence-electron chi connectivity index (χ4n) is 3.63. The first-order valence-electron chi connectivity index (χ1n) is 9.26. The number of nitrogens with zero attached hydrogens (tertiary/aromatic N) is 2. The second kappa shape index (κ2) is 7.43. The maximum absolute atomic E-state index is 5.66. The van der Waals surface area contributed by atoms with E-state index in [-0.39, 0.29) is 5.41 Å². The van der Waals surface area contributed by atoms with E-state index in [2.05, 4.69) is 91.1 Å². The van der Waals surface area contributed by atoms with Gasteiger partial charge in [0.25, 0.3) is 0 Å². The smallest absolute Gasteiger partial charge is 0.209 e. The van der Waals surface area contributed by atoms with Gasteiger partial charge in [-0.1, -0.05) is 36.4 Å². The molecule has 140 valence electrons. The average molecular weight is 362 g/mol. The van der Waals surface area contributed by atoms with Gasteiger partial charge in [-0.05, 0) is 37.6 Å². The van der Waals surface area contributed by atoms with Crippen LogP contribution in [-0.4, -0.2) is 38.5 Å². The fourth-order valence-corrected chi connectivity index (χ4v) is 3.63. The highest BCUT2D eigenvalue weighted by Gasteiger charge is 2.43. The Morgan fingerprint density at radius 3 is 2.30 bits per heavy atom. The zero-order valence-electron chi connectivity index (χ0n) is 17.2. The Kier molecular flexibility index (Phi) is 5.22. The van der Waals surface area contributed by atoms with Gasteiger partial charge in [-0.2, -0.15) is 4.58 Å². The molecule has 0 unspecified atom stereocenters. The Hall–Kier alpha value is -2.81. The summed E-state index contributed by atoms with van der Waals surface area (Å²) >= 11 is 0. The monoisotopic (exact) mass is 361 g/mol. The van der Waals surface area contributed by atoms with Gasteiger partial charge in [0.15, 0.2) is 5.71 Å². The number of fused-ring (bicyclic) bond motifs is 1. The van der Waals surface area contributed by atoms with Crippen molar-refractivity contribution in [3.05, 3.63) is 77.6 Å². The number of rotatable bonds is 5. The molecule has 1 aliphatic rings. The summed E-state index contributed by atoms with van der Waals surface area (Å²) in [6, 6.07) is 17.1. The van der Waals surface area contributed by atoms with E-state index in [1.54, 1.807) is 7.11 Å². The van der Waals surface area contributed by atoms with Crippen LogP contribution < -0.4 is 4.90 Å². The predicted molar refractivity (Wildman–Crippen MR) is 115 cm³/mol. The van der Waals surface area contributed by atoms with Crippen LogP contribution in [0.3, 0.4) is 0 Å². The minimum atomic E-state index is -0.0592. The van der Waals surface area contributed by atoms with Gasteiger partial charge < -0.3 is 9.64 Å². The molecule has 2 aromatic carbocycles. The summed E-state index contributed by atoms with van der Waals surface area (Å²) in [5.41, 5.74) is 6.11. The van der Waals surface area contributed by atoms with E-state index in [0.29, 0.717) is 0 Å². The van der Waals surface area contributed by atoms with E-state index in [4.69, 9.17) is 4.74 Å². The number of anilines is 1. The number of allylic oxidation sites excluding steroid dienone is 2. The van der Waals surface area contributed by atoms with Gasteiger partial charge >= 0.3 is 0 Å². The van der Waals surface area contributed by atoms with Gasteiger partial charge in [0.05, 0.1) is 12.5 Å². The molecule has 0 saturated carbocycles. The lowest BCUT2D eigenvalue weighted by Gasteiger charge is -2.15. The standard InChI is InChI=1S/C24H29N2O/c1-24(2)21-9-7-8-10-22(21)26(5)23(24)17-20(27-6)16-13-18-11-14-19(15-12-18)25(3)4/h7-17H,1-6H3/q+1. The molecule has 3 heteroatoms. The van der Waals surface area contributed by atoms with Gasteiger partial charge in [0, 0.05) is 37.5 Å². The Morgan fingerprint density at radius 1 is 1.04 bits per heavy atom. The highest BCUT2D eigenvalue weighted by molar-refractivity contribution is 6.03. The minimum absolute atomic E-state index is 0.0592. The lowest BCUT2D eigenvalue weighted by Crippen LogP contribution is -2.27. The second-order valence-electron chi connectivity index (χ2n) is 7.66. The molecular weight excluding hydrogens is 332 g/mol. The summed E-state index contributed by atoms with van der Waals surface area (Å²) in [5, 5.41) is 0. The maximum atomic E-state index is 5.66. The van der Waals surface area contributed by atoms with Gasteiger partial charge in [-0.15, -0.1) is 0 Å². The molecule has 0 bridgehead atoms. The normalized spacial score (nSPS) is 16.0. The molecule has 1 heterocycles. The molecule has 0 aliphatic carbocycles. The number of ether oxygens (including phenoxy) is 1. The molecule has 0 fully saturated rings. The highest BCUT2D eigenvalue weighted by atomic mass is 16.5. The summed E-state index contributed by atoms with van der Waals surface area (Å²) in [7, 11) is 7.94. The van der Waals surface area contributed by atoms with Gasteiger partial charge in [0.2, 0.25) is 5.69 Å². The van der Waals surface area contributed by atoms with Crippen LogP contribution in [0.4, 0.5) is 11.4 Å². The molecule has 0 aromatic heterocycles. The van der Waals surface area contributed by atoms with Crippen molar-refractivity contribution in [2.24, 2.45) is 0 Å². The topological polar surface area (TPSA) is 15.5 Å². The molecule has 0 saturated heterocycles. The zero-order chi connectivity index (χ0) is 19.6. The van der Waals surface area contributed by atoms with E-state index >= 15 is 0 Å². The quantitative estimate of drug-likeness (QED) is 0.423. The van der Waals surface area contributed by atoms with Crippen LogP contribution in [0.25, 0.3) is 6.08 Å². The average Bonchev–Trinajstić information content (AvgIpc) is 2.86. The van der Waals surface area contributed by atoms with Crippen LogP contribution in [0.15, 0.2) is 66.4 Å². The second-order valence-corrected chi connectivity index (χ2v) is 7.66. The van der Waals surface area contributed by atoms with Crippen molar-refractivity contribution in [3.8, 4) is 0 Å². The first-order valence-corrected chi connectivity index (χ1v) is 9.26. The summed E-state index contributed by atoms with van der Waals surface area (Å²) < 4.78 is 7.91. The molecule has 0 radical (unpaired) electrons. The number of benzene rings is 2. The van der Waals surface area contributed by atoms with Crippen molar-refractivity contribution in [1.29, 1.82) is 0 Å². The van der Waals surface area contributed by atoms with Gasteiger partial charge in [-0.25, -0.2) is 0 Å². The van der Waals surface area contributed by atoms with Crippen LogP contribution in [0, 0.1) is 0 Å². The molecule has 3 rings (SSSR count). The number of methoxy groups -OCH3 is 1. The fraction of sp³-hybridized carbons (Fsp3) is 0.292. The van der Waals surface area contributed by atoms with Crippen LogP contribution >= 0.6 is 0 Å². The Labute approximate surface area is 162 Å². The molecule has 2 aromatic rings. The van der Waals surface area contributed by atoms with Crippen molar-refractivity contribution < 1.29 is 9.31 Å². The van der Waals surface area contributed by atoms with E-state index < -0.39 is 0 Å². The van der Waals surface area contributed by atoms with E-state index in [1.165, 1.54) is 22.6 Å². The van der Waals surface area contributed by atoms with E-state index in [0.717, 1.165) is 11.3 Å². The number of hydrogen-bond donors (Lipinski definition) is 0. The third kappa shape index (κ3) is 3.68. The molecule has 0 amide bonds. The lowest BCUT2D eigenvalue weighted by molar-refractivity contribution is -0.401. The van der Waals surface area contributed by atoms with Crippen molar-refractivity contribution in [2.45, 2.75) is 19.3 Å². The number of hydrogen-bond acceptors (Lipinski definition) is 2. The van der Waals surface area contributed by atoms with E-state index in [9.17, 15) is 0 Å². The number of para-hydroxylation sites is 1. The SMILES string of the molecule is COC(=C\C1=[N+](C)c2ccccc2C1(C)C)/C=C/c1ccc(N(C)C)cc1.